The molecule has 0 bridgehead atoms. The fraction of sp³-hybridized carbons (Fsp3) is 0.643. The van der Waals surface area contributed by atoms with Crippen LogP contribution < -0.4 is 14.8 Å². The molecule has 6 atom stereocenters. The number of thioether (sulfide) groups is 1. The maximum absolute atomic E-state index is 13.3. The largest absolute Gasteiger partial charge is 0.497 e. The zero-order chi connectivity index (χ0) is 26.3. The molecule has 1 unspecified atom stereocenters. The van der Waals surface area contributed by atoms with Crippen LogP contribution in [0.3, 0.4) is 0 Å². The summed E-state index contributed by atoms with van der Waals surface area (Å²) >= 11 is 3.60. The first kappa shape index (κ1) is 26.6. The molecular formula is C28H39N3O4S2. The SMILES string of the molecule is COc1ccc(OC)c(Nc2nc3c(s2)C[C@]2(C)CCC([C@H](C)C(=O)N4CCSCC4)[C@H](O)[C@H]2[C@@H]3C)c1. The number of hydrogen-bond donors (Lipinski definition) is 2. The van der Waals surface area contributed by atoms with Gasteiger partial charge in [0.15, 0.2) is 5.13 Å². The Morgan fingerprint density at radius 1 is 1.27 bits per heavy atom. The molecule has 5 rings (SSSR count). The number of thiazole rings is 1. The Morgan fingerprint density at radius 2 is 2.03 bits per heavy atom. The normalized spacial score (nSPS) is 30.2. The molecular weight excluding hydrogens is 506 g/mol. The minimum Gasteiger partial charge on any atom is -0.497 e. The van der Waals surface area contributed by atoms with Gasteiger partial charge < -0.3 is 24.8 Å². The summed E-state index contributed by atoms with van der Waals surface area (Å²) in [4.78, 5) is 21.6. The first-order valence-electron chi connectivity index (χ1n) is 13.3. The van der Waals surface area contributed by atoms with Gasteiger partial charge in [0.25, 0.3) is 0 Å². The third-order valence-corrected chi connectivity index (χ3v) is 10.9. The van der Waals surface area contributed by atoms with E-state index in [9.17, 15) is 9.90 Å². The summed E-state index contributed by atoms with van der Waals surface area (Å²) in [5, 5.41) is 16.0. The number of aliphatic hydroxyl groups excluding tert-OH is 1. The summed E-state index contributed by atoms with van der Waals surface area (Å²) in [5.74, 6) is 3.72. The van der Waals surface area contributed by atoms with Gasteiger partial charge in [-0.2, -0.15) is 11.8 Å². The fourth-order valence-corrected chi connectivity index (χ4v) is 9.06. The second kappa shape index (κ2) is 10.7. The van der Waals surface area contributed by atoms with E-state index in [1.54, 1.807) is 25.6 Å². The number of ether oxygens (including phenoxy) is 2. The van der Waals surface area contributed by atoms with E-state index in [0.717, 1.165) is 71.9 Å². The van der Waals surface area contributed by atoms with Crippen LogP contribution in [0, 0.1) is 23.2 Å². The van der Waals surface area contributed by atoms with Crippen molar-refractivity contribution in [1.82, 2.24) is 9.88 Å². The number of nitrogens with one attached hydrogen (secondary N) is 1. The lowest BCUT2D eigenvalue weighted by atomic mass is 9.53. The summed E-state index contributed by atoms with van der Waals surface area (Å²) in [6.45, 7) is 8.21. The summed E-state index contributed by atoms with van der Waals surface area (Å²) in [6, 6.07) is 5.67. The molecule has 2 heterocycles. The van der Waals surface area contributed by atoms with Crippen LogP contribution in [0.15, 0.2) is 18.2 Å². The number of benzene rings is 1. The first-order valence-corrected chi connectivity index (χ1v) is 15.3. The molecule has 9 heteroatoms. The van der Waals surface area contributed by atoms with Gasteiger partial charge in [-0.1, -0.05) is 20.8 Å². The quantitative estimate of drug-likeness (QED) is 0.518. The van der Waals surface area contributed by atoms with Crippen LogP contribution in [0.2, 0.25) is 0 Å². The molecule has 1 amide bonds. The van der Waals surface area contributed by atoms with Gasteiger partial charge in [-0.05, 0) is 48.6 Å². The first-order chi connectivity index (χ1) is 17.8. The van der Waals surface area contributed by atoms with Crippen LogP contribution in [0.1, 0.15) is 50.1 Å². The predicted octanol–water partition coefficient (Wildman–Crippen LogP) is 5.17. The van der Waals surface area contributed by atoms with E-state index in [0.29, 0.717) is 0 Å². The smallest absolute Gasteiger partial charge is 0.225 e. The highest BCUT2D eigenvalue weighted by atomic mass is 32.2. The lowest BCUT2D eigenvalue weighted by Gasteiger charge is -2.53. The Morgan fingerprint density at radius 3 is 2.73 bits per heavy atom. The van der Waals surface area contributed by atoms with E-state index in [1.165, 1.54) is 4.88 Å². The molecule has 2 N–H and O–H groups in total. The number of carbonyl (C=O) groups excluding carboxylic acids is 1. The third-order valence-electron chi connectivity index (χ3n) is 8.92. The Labute approximate surface area is 228 Å². The van der Waals surface area contributed by atoms with Crippen molar-refractivity contribution in [3.8, 4) is 11.5 Å². The summed E-state index contributed by atoms with van der Waals surface area (Å²) in [7, 11) is 3.30. The number of methoxy groups -OCH3 is 2. The van der Waals surface area contributed by atoms with Crippen LogP contribution in [0.25, 0.3) is 0 Å². The van der Waals surface area contributed by atoms with Crippen LogP contribution in [-0.2, 0) is 11.2 Å². The van der Waals surface area contributed by atoms with Crippen molar-refractivity contribution in [3.05, 3.63) is 28.8 Å². The lowest BCUT2D eigenvalue weighted by Crippen LogP contribution is -2.54. The van der Waals surface area contributed by atoms with Crippen molar-refractivity contribution in [1.29, 1.82) is 0 Å². The molecule has 1 aliphatic heterocycles. The second-order valence-electron chi connectivity index (χ2n) is 11.1. The van der Waals surface area contributed by atoms with Crippen molar-refractivity contribution in [2.24, 2.45) is 23.2 Å². The number of nitrogens with zero attached hydrogens (tertiary/aromatic N) is 2. The van der Waals surface area contributed by atoms with Crippen LogP contribution in [0.4, 0.5) is 10.8 Å². The third kappa shape index (κ3) is 4.94. The van der Waals surface area contributed by atoms with Gasteiger partial charge in [0.1, 0.15) is 11.5 Å². The number of carbonyl (C=O) groups is 1. The van der Waals surface area contributed by atoms with Crippen molar-refractivity contribution < 1.29 is 19.4 Å². The number of anilines is 2. The molecule has 2 aliphatic carbocycles. The van der Waals surface area contributed by atoms with E-state index in [2.05, 4.69) is 19.2 Å². The molecule has 0 spiro atoms. The molecule has 1 aromatic carbocycles. The molecule has 1 saturated carbocycles. The standard InChI is InChI=1S/C28H39N3O4S2/c1-16(26(33)31-10-12-36-13-11-31)19-8-9-28(3)15-22-24(17(2)23(28)25(19)32)30-27(37-22)29-20-14-18(34-4)6-7-21(20)35-5/h6-7,14,16-17,19,23,25,32H,8-13,15H2,1-5H3,(H,29,30)/t16-,17-,19?,23+,25-,28-/m0/s1. The monoisotopic (exact) mass is 545 g/mol. The van der Waals surface area contributed by atoms with E-state index in [4.69, 9.17) is 14.5 Å². The van der Waals surface area contributed by atoms with Gasteiger partial charge in [-0.25, -0.2) is 4.98 Å². The molecule has 0 radical (unpaired) electrons. The van der Waals surface area contributed by atoms with Crippen LogP contribution in [-0.4, -0.2) is 65.8 Å². The minimum absolute atomic E-state index is 0.00960. The Balaban J connectivity index is 1.37. The minimum atomic E-state index is -0.517. The average molecular weight is 546 g/mol. The maximum Gasteiger partial charge on any atom is 0.225 e. The van der Waals surface area contributed by atoms with Gasteiger partial charge in [0.05, 0.1) is 31.7 Å². The number of rotatable bonds is 6. The van der Waals surface area contributed by atoms with Crippen LogP contribution in [0.5, 0.6) is 11.5 Å². The Kier molecular flexibility index (Phi) is 7.67. The Bertz CT molecular complexity index is 1130. The Hall–Kier alpha value is -1.97. The number of amides is 1. The highest BCUT2D eigenvalue weighted by Crippen LogP contribution is 2.57. The molecule has 37 heavy (non-hydrogen) atoms. The van der Waals surface area contributed by atoms with E-state index in [1.807, 2.05) is 41.8 Å². The van der Waals surface area contributed by atoms with Crippen molar-refractivity contribution in [2.75, 3.05) is 44.1 Å². The van der Waals surface area contributed by atoms with E-state index in [-0.39, 0.29) is 35.0 Å². The molecule has 202 valence electrons. The van der Waals surface area contributed by atoms with E-state index >= 15 is 0 Å². The van der Waals surface area contributed by atoms with Gasteiger partial charge in [0, 0.05) is 47.4 Å². The highest BCUT2D eigenvalue weighted by Gasteiger charge is 2.54. The molecule has 2 aromatic rings. The number of aromatic nitrogens is 1. The van der Waals surface area contributed by atoms with Crippen LogP contribution >= 0.6 is 23.1 Å². The van der Waals surface area contributed by atoms with E-state index < -0.39 is 6.10 Å². The molecule has 1 saturated heterocycles. The molecule has 3 aliphatic rings. The van der Waals surface area contributed by atoms with Gasteiger partial charge in [-0.3, -0.25) is 4.79 Å². The fourth-order valence-electron chi connectivity index (χ4n) is 6.88. The van der Waals surface area contributed by atoms with Crippen molar-refractivity contribution >= 4 is 39.8 Å². The summed E-state index contributed by atoms with van der Waals surface area (Å²) in [5.41, 5.74) is 1.88. The van der Waals surface area contributed by atoms with Crippen molar-refractivity contribution in [2.45, 2.75) is 52.1 Å². The molecule has 7 nitrogen and oxygen atoms in total. The average Bonchev–Trinajstić information content (AvgIpc) is 3.30. The number of hydrogen-bond acceptors (Lipinski definition) is 8. The number of fused-ring (bicyclic) bond motifs is 2. The highest BCUT2D eigenvalue weighted by molar-refractivity contribution is 7.99. The second-order valence-corrected chi connectivity index (χ2v) is 13.4. The summed E-state index contributed by atoms with van der Waals surface area (Å²) in [6.07, 6.45) is 2.29. The lowest BCUT2D eigenvalue weighted by molar-refractivity contribution is -0.144. The maximum atomic E-state index is 13.3. The van der Waals surface area contributed by atoms with Crippen molar-refractivity contribution in [3.63, 3.8) is 0 Å². The van der Waals surface area contributed by atoms with Gasteiger partial charge in [-0.15, -0.1) is 11.3 Å². The predicted molar refractivity (Wildman–Crippen MR) is 150 cm³/mol. The zero-order valence-corrected chi connectivity index (χ0v) is 24.1. The molecule has 2 fully saturated rings. The zero-order valence-electron chi connectivity index (χ0n) is 22.5. The summed E-state index contributed by atoms with van der Waals surface area (Å²) < 4.78 is 10.9. The number of aliphatic hydroxyl groups is 1. The molecule has 1 aromatic heterocycles. The van der Waals surface area contributed by atoms with Gasteiger partial charge >= 0.3 is 0 Å². The van der Waals surface area contributed by atoms with Gasteiger partial charge in [0.2, 0.25) is 5.91 Å². The topological polar surface area (TPSA) is 83.9 Å².